The Labute approximate surface area is 213 Å². The minimum atomic E-state index is -2.60. The average Bonchev–Trinajstić information content (AvgIpc) is 2.79. The molecule has 0 aromatic heterocycles. The summed E-state index contributed by atoms with van der Waals surface area (Å²) in [6.45, 7) is 1.81. The average molecular weight is 517 g/mol. The monoisotopic (exact) mass is 516 g/mol. The number of aliphatic hydroxyl groups is 2. The number of carbonyl (C=O) groups excluding carboxylic acids is 3. The van der Waals surface area contributed by atoms with E-state index in [1.807, 2.05) is 0 Å². The van der Waals surface area contributed by atoms with Crippen LogP contribution in [0.15, 0.2) is 40.9 Å². The summed E-state index contributed by atoms with van der Waals surface area (Å²) in [7, 11) is 3.33. The molecule has 0 fully saturated rings. The van der Waals surface area contributed by atoms with E-state index in [0.29, 0.717) is 18.6 Å². The molecule has 1 aromatic rings. The maximum absolute atomic E-state index is 13.6. The Balaban J connectivity index is 1.89. The smallest absolute Gasteiger partial charge is 0.255 e. The standard InChI is InChI=1S/C25H28N2O8S/c1-4-34-15(36)10-35-21-18(24(26)32)23(31)25(33)13(19(21)27(2)3)9-12-8-11-6-5-7-14(28)16(11)20(29)17(12)22(25)30/h5-7,12-13,19,28,30,33H,4,8-10H2,1-3H3,(H2,26,32)/t12-,13-,19-,25-/m0/s1. The Hall–Kier alpha value is -3.28. The normalized spacial score (nSPS) is 27.4. The van der Waals surface area contributed by atoms with Gasteiger partial charge in [-0.05, 0) is 63.6 Å². The number of phenolic OH excluding ortho intramolecular Hbond substituents is 1. The molecule has 192 valence electrons. The number of Topliss-reactive ketones (excluding diaryl/α,β-unsaturated/α-hetero) is 2. The van der Waals surface area contributed by atoms with Gasteiger partial charge in [0, 0.05) is 11.5 Å². The van der Waals surface area contributed by atoms with E-state index in [1.165, 1.54) is 6.07 Å². The number of phenols is 1. The van der Waals surface area contributed by atoms with Gasteiger partial charge in [-0.25, -0.2) is 0 Å². The predicted octanol–water partition coefficient (Wildman–Crippen LogP) is 0.943. The van der Waals surface area contributed by atoms with Crippen LogP contribution in [-0.4, -0.2) is 81.7 Å². The van der Waals surface area contributed by atoms with Gasteiger partial charge in [0.05, 0.1) is 18.2 Å². The number of hydrogen-bond donors (Lipinski definition) is 4. The molecule has 0 aliphatic heterocycles. The molecule has 0 saturated heterocycles. The van der Waals surface area contributed by atoms with Crippen molar-refractivity contribution < 1.29 is 39.2 Å². The highest BCUT2D eigenvalue weighted by molar-refractivity contribution is 7.80. The van der Waals surface area contributed by atoms with Crippen LogP contribution in [0.25, 0.3) is 0 Å². The van der Waals surface area contributed by atoms with E-state index < -0.39 is 52.3 Å². The fourth-order valence-corrected chi connectivity index (χ4v) is 5.83. The van der Waals surface area contributed by atoms with Crippen LogP contribution in [-0.2, 0) is 25.5 Å². The summed E-state index contributed by atoms with van der Waals surface area (Å²) in [6, 6.07) is 3.82. The zero-order valence-corrected chi connectivity index (χ0v) is 20.9. The van der Waals surface area contributed by atoms with Crippen molar-refractivity contribution in [2.45, 2.75) is 31.4 Å². The third-order valence-electron chi connectivity index (χ3n) is 7.09. The zero-order chi connectivity index (χ0) is 26.5. The van der Waals surface area contributed by atoms with Gasteiger partial charge >= 0.3 is 0 Å². The first-order chi connectivity index (χ1) is 16.9. The van der Waals surface area contributed by atoms with Crippen LogP contribution in [0.4, 0.5) is 0 Å². The van der Waals surface area contributed by atoms with E-state index in [9.17, 15) is 29.7 Å². The number of aliphatic hydroxyl groups excluding tert-OH is 1. The topological polar surface area (TPSA) is 160 Å². The lowest BCUT2D eigenvalue weighted by Crippen LogP contribution is -2.64. The van der Waals surface area contributed by atoms with Crippen molar-refractivity contribution in [3.63, 3.8) is 0 Å². The van der Waals surface area contributed by atoms with E-state index in [1.54, 1.807) is 38.1 Å². The number of allylic oxidation sites excluding steroid dienone is 1. The molecule has 4 atom stereocenters. The summed E-state index contributed by atoms with van der Waals surface area (Å²) in [4.78, 5) is 41.1. The molecule has 4 rings (SSSR count). The highest BCUT2D eigenvalue weighted by Crippen LogP contribution is 2.52. The number of hydrogen-bond acceptors (Lipinski definition) is 10. The van der Waals surface area contributed by atoms with Crippen LogP contribution >= 0.6 is 12.2 Å². The zero-order valence-electron chi connectivity index (χ0n) is 20.1. The summed E-state index contributed by atoms with van der Waals surface area (Å²) in [5.41, 5.74) is 2.80. The third-order valence-corrected chi connectivity index (χ3v) is 7.32. The molecule has 1 amide bonds. The molecule has 0 radical (unpaired) electrons. The van der Waals surface area contributed by atoms with Crippen molar-refractivity contribution in [2.24, 2.45) is 17.6 Å². The van der Waals surface area contributed by atoms with Gasteiger partial charge in [0.15, 0.2) is 23.0 Å². The van der Waals surface area contributed by atoms with Gasteiger partial charge in [0.25, 0.3) is 5.91 Å². The number of nitrogens with zero attached hydrogens (tertiary/aromatic N) is 1. The lowest BCUT2D eigenvalue weighted by atomic mass is 9.58. The molecule has 36 heavy (non-hydrogen) atoms. The molecule has 0 saturated carbocycles. The molecule has 10 nitrogen and oxygen atoms in total. The second-order valence-corrected chi connectivity index (χ2v) is 9.80. The molecule has 0 bridgehead atoms. The quantitative estimate of drug-likeness (QED) is 0.317. The Kier molecular flexibility index (Phi) is 6.67. The van der Waals surface area contributed by atoms with Crippen LogP contribution < -0.4 is 5.73 Å². The maximum Gasteiger partial charge on any atom is 0.255 e. The molecule has 0 unspecified atom stereocenters. The van der Waals surface area contributed by atoms with Gasteiger partial charge in [-0.3, -0.25) is 19.3 Å². The second kappa shape index (κ2) is 9.30. The SMILES string of the molecule is CCOC(=S)COC1=C(C(N)=O)C(=O)[C@@]2(O)C(O)=C3C(=O)c4c(O)cccc4C[C@H]3C[C@H]2[C@@H]1N(C)C. The molecule has 1 aromatic carbocycles. The van der Waals surface area contributed by atoms with E-state index in [0.717, 1.165) is 0 Å². The van der Waals surface area contributed by atoms with E-state index in [-0.39, 0.29) is 40.7 Å². The summed E-state index contributed by atoms with van der Waals surface area (Å²) < 4.78 is 11.0. The number of aromatic hydroxyl groups is 1. The fourth-order valence-electron chi connectivity index (χ4n) is 5.66. The van der Waals surface area contributed by atoms with Crippen molar-refractivity contribution >= 4 is 34.7 Å². The first-order valence-electron chi connectivity index (χ1n) is 11.5. The summed E-state index contributed by atoms with van der Waals surface area (Å²) in [6.07, 6.45) is 0.410. The minimum Gasteiger partial charge on any atom is -0.508 e. The fraction of sp³-hybridized carbons (Fsp3) is 0.440. The van der Waals surface area contributed by atoms with Crippen molar-refractivity contribution in [1.29, 1.82) is 0 Å². The lowest BCUT2D eigenvalue weighted by Gasteiger charge is -2.50. The number of amides is 1. The van der Waals surface area contributed by atoms with Crippen LogP contribution in [0.1, 0.15) is 29.3 Å². The van der Waals surface area contributed by atoms with Gasteiger partial charge in [-0.1, -0.05) is 12.1 Å². The van der Waals surface area contributed by atoms with E-state index in [4.69, 9.17) is 27.4 Å². The molecular formula is C25H28N2O8S. The van der Waals surface area contributed by atoms with Crippen molar-refractivity contribution in [2.75, 3.05) is 27.3 Å². The first-order valence-corrected chi connectivity index (χ1v) is 11.9. The number of benzene rings is 1. The molecule has 3 aliphatic rings. The number of thiocarbonyl (C=S) groups is 1. The highest BCUT2D eigenvalue weighted by Gasteiger charge is 2.63. The maximum atomic E-state index is 13.6. The summed E-state index contributed by atoms with van der Waals surface area (Å²) in [5, 5.41) is 33.5. The van der Waals surface area contributed by atoms with Crippen LogP contribution in [0.3, 0.4) is 0 Å². The van der Waals surface area contributed by atoms with Gasteiger partial charge in [0.1, 0.15) is 22.8 Å². The number of ketones is 2. The van der Waals surface area contributed by atoms with Gasteiger partial charge in [-0.2, -0.15) is 0 Å². The Bertz CT molecular complexity index is 1240. The van der Waals surface area contributed by atoms with E-state index >= 15 is 0 Å². The molecule has 0 spiro atoms. The number of rotatable bonds is 6. The van der Waals surface area contributed by atoms with Crippen LogP contribution in [0.2, 0.25) is 0 Å². The number of primary amides is 1. The summed E-state index contributed by atoms with van der Waals surface area (Å²) in [5.74, 6) is -5.69. The Morgan fingerprint density at radius 2 is 1.97 bits per heavy atom. The lowest BCUT2D eigenvalue weighted by molar-refractivity contribution is -0.149. The van der Waals surface area contributed by atoms with Crippen molar-refractivity contribution in [3.8, 4) is 5.75 Å². The number of ether oxygens (including phenoxy) is 2. The molecule has 11 heteroatoms. The number of likely N-dealkylation sites (N-methyl/N-ethyl adjacent to an activating group) is 1. The van der Waals surface area contributed by atoms with Crippen molar-refractivity contribution in [1.82, 2.24) is 4.90 Å². The van der Waals surface area contributed by atoms with Gasteiger partial charge < -0.3 is 30.5 Å². The van der Waals surface area contributed by atoms with E-state index in [2.05, 4.69) is 0 Å². The largest absolute Gasteiger partial charge is 0.508 e. The second-order valence-electron chi connectivity index (χ2n) is 9.35. The molecular weight excluding hydrogens is 488 g/mol. The Morgan fingerprint density at radius 1 is 1.28 bits per heavy atom. The predicted molar refractivity (Wildman–Crippen MR) is 131 cm³/mol. The highest BCUT2D eigenvalue weighted by atomic mass is 32.1. The number of fused-ring (bicyclic) bond motifs is 3. The Morgan fingerprint density at radius 3 is 2.58 bits per heavy atom. The van der Waals surface area contributed by atoms with Gasteiger partial charge in [0.2, 0.25) is 5.78 Å². The minimum absolute atomic E-state index is 0.0175. The molecule has 0 heterocycles. The number of nitrogens with two attached hydrogens (primary N) is 1. The van der Waals surface area contributed by atoms with Crippen molar-refractivity contribution in [3.05, 3.63) is 52.0 Å². The molecule has 5 N–H and O–H groups in total. The van der Waals surface area contributed by atoms with Crippen LogP contribution in [0.5, 0.6) is 5.75 Å². The molecule has 3 aliphatic carbocycles. The third kappa shape index (κ3) is 3.78. The van der Waals surface area contributed by atoms with Gasteiger partial charge in [-0.15, -0.1) is 0 Å². The number of carbonyl (C=O) groups is 3. The van der Waals surface area contributed by atoms with Crippen LogP contribution in [0, 0.1) is 11.8 Å². The first kappa shape index (κ1) is 25.8. The summed E-state index contributed by atoms with van der Waals surface area (Å²) >= 11 is 5.11.